The van der Waals surface area contributed by atoms with Gasteiger partial charge in [-0.15, -0.1) is 0 Å². The molecule has 10 heteroatoms. The van der Waals surface area contributed by atoms with E-state index in [-0.39, 0.29) is 11.9 Å². The second kappa shape index (κ2) is 13.1. The number of nitriles is 1. The molecule has 0 radical (unpaired) electrons. The van der Waals surface area contributed by atoms with Crippen LogP contribution in [0.1, 0.15) is 57.8 Å². The van der Waals surface area contributed by atoms with Crippen molar-refractivity contribution < 1.29 is 13.3 Å². The number of pyridine rings is 1. The Labute approximate surface area is 173 Å². The van der Waals surface area contributed by atoms with Gasteiger partial charge in [-0.1, -0.05) is 37.0 Å². The normalized spacial score (nSPS) is 15.6. The van der Waals surface area contributed by atoms with Crippen LogP contribution < -0.4 is 15.5 Å². The van der Waals surface area contributed by atoms with Gasteiger partial charge in [-0.2, -0.15) is 5.26 Å². The maximum atomic E-state index is 12.0. The van der Waals surface area contributed by atoms with Crippen molar-refractivity contribution in [3.63, 3.8) is 0 Å². The van der Waals surface area contributed by atoms with Crippen molar-refractivity contribution in [2.45, 2.75) is 63.9 Å². The highest BCUT2D eigenvalue weighted by atomic mass is 32.2. The number of sulfonamides is 1. The molecule has 0 aromatic carbocycles. The third-order valence-corrected chi connectivity index (χ3v) is 5.78. The molecule has 0 amide bonds. The first-order chi connectivity index (χ1) is 14.1. The van der Waals surface area contributed by atoms with Gasteiger partial charge >= 0.3 is 0 Å². The van der Waals surface area contributed by atoms with Gasteiger partial charge in [0.25, 0.3) is 0 Å². The first kappa shape index (κ1) is 23.1. The quantitative estimate of drug-likeness (QED) is 0.125. The number of nitrogens with zero attached hydrogens (tertiary/aromatic N) is 3. The average molecular weight is 423 g/mol. The number of rotatable bonds is 11. The summed E-state index contributed by atoms with van der Waals surface area (Å²) in [7, 11) is -3.39. The van der Waals surface area contributed by atoms with E-state index < -0.39 is 10.0 Å². The van der Waals surface area contributed by atoms with Crippen LogP contribution in [-0.4, -0.2) is 37.8 Å². The standard InChI is InChI=1S/C19H30N6O3S/c20-16-23-19(24-17-10-13-21-14-11-17)22-12-6-1-2-7-15-29(26,27)25-28-18-8-4-3-5-9-18/h10-11,13-14,18,25H,1-9,12,15H2,(H2,21,22,23,24). The third-order valence-electron chi connectivity index (χ3n) is 4.60. The number of guanidine groups is 1. The van der Waals surface area contributed by atoms with Gasteiger partial charge in [0, 0.05) is 24.6 Å². The topological polar surface area (TPSA) is 128 Å². The zero-order valence-corrected chi connectivity index (χ0v) is 17.5. The largest absolute Gasteiger partial charge is 0.325 e. The molecule has 1 aromatic rings. The molecule has 29 heavy (non-hydrogen) atoms. The molecule has 1 heterocycles. The fraction of sp³-hybridized carbons (Fsp3) is 0.632. The van der Waals surface area contributed by atoms with E-state index in [1.807, 2.05) is 6.19 Å². The van der Waals surface area contributed by atoms with Crippen LogP contribution in [0.5, 0.6) is 0 Å². The molecule has 0 bridgehead atoms. The summed E-state index contributed by atoms with van der Waals surface area (Å²) >= 11 is 0. The molecule has 1 saturated carbocycles. The smallest absolute Gasteiger partial charge is 0.233 e. The van der Waals surface area contributed by atoms with Gasteiger partial charge in [0.2, 0.25) is 16.0 Å². The number of hydrogen-bond acceptors (Lipinski definition) is 6. The SMILES string of the molecule is N#CNC(=NCCCCCCS(=O)(=O)NOC1CCCCC1)Nc1ccncc1. The summed E-state index contributed by atoms with van der Waals surface area (Å²) in [6, 6.07) is 3.56. The number of anilines is 1. The number of unbranched alkanes of at least 4 members (excludes halogenated alkanes) is 3. The maximum Gasteiger partial charge on any atom is 0.233 e. The molecule has 0 atom stereocenters. The van der Waals surface area contributed by atoms with Crippen molar-refractivity contribution in [2.75, 3.05) is 17.6 Å². The van der Waals surface area contributed by atoms with Crippen LogP contribution in [0.3, 0.4) is 0 Å². The summed E-state index contributed by atoms with van der Waals surface area (Å²) in [5.74, 6) is 0.443. The van der Waals surface area contributed by atoms with Crippen LogP contribution >= 0.6 is 0 Å². The summed E-state index contributed by atoms with van der Waals surface area (Å²) in [6.07, 6.45) is 13.4. The Balaban J connectivity index is 1.58. The van der Waals surface area contributed by atoms with E-state index in [0.29, 0.717) is 18.9 Å². The second-order valence-corrected chi connectivity index (χ2v) is 8.83. The average Bonchev–Trinajstić information content (AvgIpc) is 2.73. The third kappa shape index (κ3) is 10.2. The molecule has 2 rings (SSSR count). The lowest BCUT2D eigenvalue weighted by Gasteiger charge is -2.21. The van der Waals surface area contributed by atoms with Gasteiger partial charge in [-0.05, 0) is 37.8 Å². The Morgan fingerprint density at radius 3 is 2.62 bits per heavy atom. The van der Waals surface area contributed by atoms with Crippen molar-refractivity contribution >= 4 is 21.7 Å². The van der Waals surface area contributed by atoms with Crippen molar-refractivity contribution in [3.05, 3.63) is 24.5 Å². The molecular formula is C19H30N6O3S. The van der Waals surface area contributed by atoms with Crippen molar-refractivity contribution in [2.24, 2.45) is 4.99 Å². The maximum absolute atomic E-state index is 12.0. The van der Waals surface area contributed by atoms with Gasteiger partial charge in [0.1, 0.15) is 0 Å². The van der Waals surface area contributed by atoms with Crippen LogP contribution in [0.25, 0.3) is 0 Å². The fourth-order valence-corrected chi connectivity index (χ4v) is 4.00. The number of aromatic nitrogens is 1. The van der Waals surface area contributed by atoms with E-state index in [1.165, 1.54) is 6.42 Å². The Morgan fingerprint density at radius 2 is 1.90 bits per heavy atom. The molecule has 9 nitrogen and oxygen atoms in total. The van der Waals surface area contributed by atoms with Gasteiger partial charge in [-0.3, -0.25) is 20.1 Å². The van der Waals surface area contributed by atoms with Crippen molar-refractivity contribution in [3.8, 4) is 6.19 Å². The predicted octanol–water partition coefficient (Wildman–Crippen LogP) is 2.66. The molecule has 0 unspecified atom stereocenters. The second-order valence-electron chi connectivity index (χ2n) is 7.02. The molecule has 0 saturated heterocycles. The van der Waals surface area contributed by atoms with E-state index in [0.717, 1.165) is 50.6 Å². The summed E-state index contributed by atoms with van der Waals surface area (Å²) in [5.41, 5.74) is 0.787. The van der Waals surface area contributed by atoms with Gasteiger partial charge < -0.3 is 5.32 Å². The number of aliphatic imine (C=N–C) groups is 1. The highest BCUT2D eigenvalue weighted by molar-refractivity contribution is 7.89. The van der Waals surface area contributed by atoms with E-state index >= 15 is 0 Å². The number of nitrogens with one attached hydrogen (secondary N) is 3. The molecule has 160 valence electrons. The Bertz CT molecular complexity index is 758. The number of hydrogen-bond donors (Lipinski definition) is 3. The van der Waals surface area contributed by atoms with Gasteiger partial charge in [0.15, 0.2) is 6.19 Å². The van der Waals surface area contributed by atoms with Gasteiger partial charge in [-0.25, -0.2) is 8.42 Å². The molecular weight excluding hydrogens is 392 g/mol. The summed E-state index contributed by atoms with van der Waals surface area (Å²) in [6.45, 7) is 0.540. The minimum Gasteiger partial charge on any atom is -0.325 e. The first-order valence-electron chi connectivity index (χ1n) is 10.1. The van der Waals surface area contributed by atoms with Crippen LogP contribution in [0, 0.1) is 11.5 Å². The summed E-state index contributed by atoms with van der Waals surface area (Å²) in [5, 5.41) is 14.4. The highest BCUT2D eigenvalue weighted by Crippen LogP contribution is 2.19. The molecule has 1 aliphatic carbocycles. The minimum atomic E-state index is -3.39. The molecule has 1 aliphatic rings. The molecule has 0 aliphatic heterocycles. The van der Waals surface area contributed by atoms with E-state index in [1.54, 1.807) is 24.5 Å². The lowest BCUT2D eigenvalue weighted by molar-refractivity contribution is -0.00384. The van der Waals surface area contributed by atoms with E-state index in [2.05, 4.69) is 25.5 Å². The minimum absolute atomic E-state index is 0.00774. The fourth-order valence-electron chi connectivity index (χ4n) is 3.05. The van der Waals surface area contributed by atoms with Crippen molar-refractivity contribution in [1.82, 2.24) is 15.2 Å². The molecule has 1 fully saturated rings. The van der Waals surface area contributed by atoms with Crippen LogP contribution in [-0.2, 0) is 14.9 Å². The molecule has 1 aromatic heterocycles. The van der Waals surface area contributed by atoms with Crippen LogP contribution in [0.15, 0.2) is 29.5 Å². The van der Waals surface area contributed by atoms with E-state index in [4.69, 9.17) is 10.1 Å². The van der Waals surface area contributed by atoms with Crippen LogP contribution in [0.2, 0.25) is 0 Å². The first-order valence-corrected chi connectivity index (χ1v) is 11.8. The van der Waals surface area contributed by atoms with Gasteiger partial charge in [0.05, 0.1) is 11.9 Å². The van der Waals surface area contributed by atoms with Crippen molar-refractivity contribution in [1.29, 1.82) is 5.26 Å². The molecule has 0 spiro atoms. The zero-order chi connectivity index (χ0) is 20.8. The lowest BCUT2D eigenvalue weighted by Crippen LogP contribution is -2.32. The zero-order valence-electron chi connectivity index (χ0n) is 16.6. The predicted molar refractivity (Wildman–Crippen MR) is 112 cm³/mol. The Morgan fingerprint density at radius 1 is 1.17 bits per heavy atom. The monoisotopic (exact) mass is 422 g/mol. The van der Waals surface area contributed by atoms with E-state index in [9.17, 15) is 8.42 Å². The molecule has 3 N–H and O–H groups in total. The Kier molecular flexibility index (Phi) is 10.4. The van der Waals surface area contributed by atoms with Crippen LogP contribution in [0.4, 0.5) is 5.69 Å². The Hall–Kier alpha value is -2.22. The summed E-state index contributed by atoms with van der Waals surface area (Å²) < 4.78 is 24.0. The summed E-state index contributed by atoms with van der Waals surface area (Å²) in [4.78, 5) is 15.9. The lowest BCUT2D eigenvalue weighted by atomic mass is 9.98. The highest BCUT2D eigenvalue weighted by Gasteiger charge is 2.17.